The number of phenolic OH excluding ortho intramolecular Hbond substituents is 1. The van der Waals surface area contributed by atoms with E-state index in [0.29, 0.717) is 5.56 Å². The summed E-state index contributed by atoms with van der Waals surface area (Å²) in [7, 11) is -4.40. The van der Waals surface area contributed by atoms with E-state index in [1.807, 2.05) is 31.2 Å². The van der Waals surface area contributed by atoms with Crippen molar-refractivity contribution in [2.75, 3.05) is 4.72 Å². The highest BCUT2D eigenvalue weighted by atomic mass is 35.5. The van der Waals surface area contributed by atoms with Gasteiger partial charge in [0.1, 0.15) is 16.8 Å². The average molecular weight is 417 g/mol. The lowest BCUT2D eigenvalue weighted by Crippen LogP contribution is -2.14. The first-order chi connectivity index (χ1) is 13.2. The first-order valence-electron chi connectivity index (χ1n) is 8.03. The molecule has 0 radical (unpaired) electrons. The number of sulfonamides is 1. The van der Waals surface area contributed by atoms with Crippen LogP contribution in [0, 0.1) is 24.1 Å². The van der Waals surface area contributed by atoms with Crippen molar-refractivity contribution in [3.8, 4) is 22.9 Å². The minimum atomic E-state index is -4.40. The number of phenols is 1. The number of benzene rings is 3. The van der Waals surface area contributed by atoms with Gasteiger partial charge in [-0.25, -0.2) is 12.8 Å². The van der Waals surface area contributed by atoms with Gasteiger partial charge in [-0.2, -0.15) is 5.26 Å². The fraction of sp³-hybridized carbons (Fsp3) is 0.0500. The van der Waals surface area contributed by atoms with Crippen LogP contribution < -0.4 is 4.72 Å². The van der Waals surface area contributed by atoms with Crippen molar-refractivity contribution in [1.82, 2.24) is 0 Å². The van der Waals surface area contributed by atoms with Crippen LogP contribution in [-0.4, -0.2) is 13.5 Å². The van der Waals surface area contributed by atoms with Crippen LogP contribution in [0.5, 0.6) is 5.75 Å². The minimum absolute atomic E-state index is 0.0521. The van der Waals surface area contributed by atoms with E-state index < -0.39 is 26.5 Å². The predicted octanol–water partition coefficient (Wildman–Crippen LogP) is 4.83. The fourth-order valence-corrected chi connectivity index (χ4v) is 4.16. The predicted molar refractivity (Wildman–Crippen MR) is 105 cm³/mol. The minimum Gasteiger partial charge on any atom is -0.505 e. The highest BCUT2D eigenvalue weighted by Crippen LogP contribution is 2.33. The van der Waals surface area contributed by atoms with E-state index in [1.54, 1.807) is 6.07 Å². The van der Waals surface area contributed by atoms with Gasteiger partial charge in [0, 0.05) is 5.02 Å². The van der Waals surface area contributed by atoms with Crippen LogP contribution in [0.1, 0.15) is 11.1 Å². The molecule has 28 heavy (non-hydrogen) atoms. The van der Waals surface area contributed by atoms with Gasteiger partial charge in [-0.1, -0.05) is 47.5 Å². The maximum absolute atomic E-state index is 14.3. The first-order valence-corrected chi connectivity index (χ1v) is 9.89. The summed E-state index contributed by atoms with van der Waals surface area (Å²) in [5.74, 6) is -1.54. The summed E-state index contributed by atoms with van der Waals surface area (Å²) in [6, 6.07) is 15.3. The molecule has 0 aliphatic rings. The molecule has 3 aromatic carbocycles. The first kappa shape index (κ1) is 19.7. The Balaban J connectivity index is 2.05. The monoisotopic (exact) mass is 416 g/mol. The lowest BCUT2D eigenvalue weighted by atomic mass is 10.0. The molecular weight excluding hydrogens is 403 g/mol. The lowest BCUT2D eigenvalue weighted by molar-refractivity contribution is 0.457. The number of nitriles is 1. The molecule has 0 atom stereocenters. The standard InChI is InChI=1S/C20H14ClFN2O3S/c1-12-3-2-4-13(7-12)14-5-6-17(22)18(9-14)24-28(26,27)19-10-16(21)8-15(11-23)20(19)25/h2-10,24-25H,1H3. The number of halogens is 2. The maximum Gasteiger partial charge on any atom is 0.265 e. The van der Waals surface area contributed by atoms with Crippen molar-refractivity contribution in [2.45, 2.75) is 11.8 Å². The summed E-state index contributed by atoms with van der Waals surface area (Å²) in [6.07, 6.45) is 0. The van der Waals surface area contributed by atoms with E-state index in [0.717, 1.165) is 29.3 Å². The second kappa shape index (κ2) is 7.50. The van der Waals surface area contributed by atoms with E-state index in [1.165, 1.54) is 12.1 Å². The molecule has 0 amide bonds. The molecule has 0 saturated carbocycles. The lowest BCUT2D eigenvalue weighted by Gasteiger charge is -2.13. The number of hydrogen-bond donors (Lipinski definition) is 2. The van der Waals surface area contributed by atoms with Crippen LogP contribution in [0.2, 0.25) is 5.02 Å². The van der Waals surface area contributed by atoms with Crippen LogP contribution in [0.3, 0.4) is 0 Å². The topological polar surface area (TPSA) is 90.2 Å². The second-order valence-corrected chi connectivity index (χ2v) is 8.17. The molecule has 3 rings (SSSR count). The van der Waals surface area contributed by atoms with Crippen molar-refractivity contribution < 1.29 is 17.9 Å². The Morgan fingerprint density at radius 3 is 2.50 bits per heavy atom. The van der Waals surface area contributed by atoms with E-state index in [4.69, 9.17) is 16.9 Å². The molecule has 0 unspecified atom stereocenters. The number of nitrogens with one attached hydrogen (secondary N) is 1. The number of nitrogens with zero attached hydrogens (tertiary/aromatic N) is 1. The largest absolute Gasteiger partial charge is 0.505 e. The average Bonchev–Trinajstić information content (AvgIpc) is 2.64. The Bertz CT molecular complexity index is 1220. The van der Waals surface area contributed by atoms with Gasteiger partial charge in [0.2, 0.25) is 0 Å². The quantitative estimate of drug-likeness (QED) is 0.637. The molecule has 0 saturated heterocycles. The second-order valence-electron chi connectivity index (χ2n) is 6.08. The molecule has 142 valence electrons. The molecule has 0 spiro atoms. The Morgan fingerprint density at radius 2 is 1.82 bits per heavy atom. The van der Waals surface area contributed by atoms with Crippen LogP contribution in [-0.2, 0) is 10.0 Å². The SMILES string of the molecule is Cc1cccc(-c2ccc(F)c(NS(=O)(=O)c3cc(Cl)cc(C#N)c3O)c2)c1. The van der Waals surface area contributed by atoms with Gasteiger partial charge >= 0.3 is 0 Å². The molecule has 5 nitrogen and oxygen atoms in total. The van der Waals surface area contributed by atoms with Gasteiger partial charge in [-0.3, -0.25) is 4.72 Å². The van der Waals surface area contributed by atoms with Gasteiger partial charge in [0.25, 0.3) is 10.0 Å². The maximum atomic E-state index is 14.3. The van der Waals surface area contributed by atoms with E-state index >= 15 is 0 Å². The molecular formula is C20H14ClFN2O3S. The molecule has 8 heteroatoms. The summed E-state index contributed by atoms with van der Waals surface area (Å²) in [5.41, 5.74) is 1.80. The third-order valence-electron chi connectivity index (χ3n) is 4.01. The number of anilines is 1. The van der Waals surface area contributed by atoms with Crippen LogP contribution in [0.4, 0.5) is 10.1 Å². The van der Waals surface area contributed by atoms with Crippen molar-refractivity contribution in [2.24, 2.45) is 0 Å². The van der Waals surface area contributed by atoms with Crippen molar-refractivity contribution in [3.63, 3.8) is 0 Å². The number of aryl methyl sites for hydroxylation is 1. The van der Waals surface area contributed by atoms with E-state index in [-0.39, 0.29) is 16.3 Å². The van der Waals surface area contributed by atoms with Crippen LogP contribution in [0.15, 0.2) is 59.5 Å². The van der Waals surface area contributed by atoms with Gasteiger partial charge in [0.05, 0.1) is 11.3 Å². The fourth-order valence-electron chi connectivity index (χ4n) is 2.67. The van der Waals surface area contributed by atoms with Crippen LogP contribution >= 0.6 is 11.6 Å². The van der Waals surface area contributed by atoms with Gasteiger partial charge < -0.3 is 5.11 Å². The molecule has 0 bridgehead atoms. The zero-order valence-electron chi connectivity index (χ0n) is 14.6. The molecule has 2 N–H and O–H groups in total. The highest BCUT2D eigenvalue weighted by molar-refractivity contribution is 7.92. The molecule has 0 fully saturated rings. The molecule has 3 aromatic rings. The van der Waals surface area contributed by atoms with Gasteiger partial charge in [-0.05, 0) is 42.3 Å². The number of hydrogen-bond acceptors (Lipinski definition) is 4. The Hall–Kier alpha value is -3.08. The van der Waals surface area contributed by atoms with E-state index in [9.17, 15) is 17.9 Å². The molecule has 0 aliphatic heterocycles. The summed E-state index contributed by atoms with van der Waals surface area (Å²) in [6.45, 7) is 1.91. The van der Waals surface area contributed by atoms with Gasteiger partial charge in [-0.15, -0.1) is 0 Å². The Kier molecular flexibility index (Phi) is 5.27. The van der Waals surface area contributed by atoms with E-state index in [2.05, 4.69) is 4.72 Å². The number of rotatable bonds is 4. The summed E-state index contributed by atoms with van der Waals surface area (Å²) >= 11 is 5.83. The number of aromatic hydroxyl groups is 1. The third kappa shape index (κ3) is 3.93. The van der Waals surface area contributed by atoms with Crippen molar-refractivity contribution in [3.05, 3.63) is 76.6 Å². The molecule has 0 aliphatic carbocycles. The van der Waals surface area contributed by atoms with Gasteiger partial charge in [0.15, 0.2) is 5.75 Å². The zero-order valence-corrected chi connectivity index (χ0v) is 16.1. The van der Waals surface area contributed by atoms with Crippen molar-refractivity contribution in [1.29, 1.82) is 5.26 Å². The smallest absolute Gasteiger partial charge is 0.265 e. The van der Waals surface area contributed by atoms with Crippen LogP contribution in [0.25, 0.3) is 11.1 Å². The summed E-state index contributed by atoms with van der Waals surface area (Å²) < 4.78 is 41.8. The zero-order chi connectivity index (χ0) is 20.5. The summed E-state index contributed by atoms with van der Waals surface area (Å²) in [4.78, 5) is -0.614. The third-order valence-corrected chi connectivity index (χ3v) is 5.61. The summed E-state index contributed by atoms with van der Waals surface area (Å²) in [5, 5.41) is 19.0. The normalized spacial score (nSPS) is 11.1. The Morgan fingerprint density at radius 1 is 1.11 bits per heavy atom. The highest BCUT2D eigenvalue weighted by Gasteiger charge is 2.23. The molecule has 0 aromatic heterocycles. The molecule has 0 heterocycles. The van der Waals surface area contributed by atoms with Crippen molar-refractivity contribution >= 4 is 27.3 Å². The Labute approximate surface area is 166 Å².